The fourth-order valence-electron chi connectivity index (χ4n) is 2.70. The average Bonchev–Trinajstić information content (AvgIpc) is 2.47. The van der Waals surface area contributed by atoms with Gasteiger partial charge in [-0.15, -0.1) is 0 Å². The minimum Gasteiger partial charge on any atom is -0.368 e. The van der Waals surface area contributed by atoms with E-state index in [9.17, 15) is 13.2 Å². The number of alkyl halides is 3. The summed E-state index contributed by atoms with van der Waals surface area (Å²) in [6.07, 6.45) is -1.02. The van der Waals surface area contributed by atoms with Crippen LogP contribution in [0.2, 0.25) is 0 Å². The second-order valence-electron chi connectivity index (χ2n) is 5.19. The van der Waals surface area contributed by atoms with Gasteiger partial charge in [0.15, 0.2) is 5.69 Å². The summed E-state index contributed by atoms with van der Waals surface area (Å²) in [5.74, 6) is -0.341. The molecule has 6 heteroatoms. The Labute approximate surface area is 125 Å². The Balaban J connectivity index is 2.15. The van der Waals surface area contributed by atoms with Crippen LogP contribution >= 0.6 is 0 Å². The molecule has 1 aromatic carbocycles. The maximum Gasteiger partial charge on any atom is 0.433 e. The Morgan fingerprint density at radius 2 is 1.77 bits per heavy atom. The second-order valence-corrected chi connectivity index (χ2v) is 5.19. The van der Waals surface area contributed by atoms with E-state index in [0.717, 1.165) is 11.1 Å². The second kappa shape index (κ2) is 5.44. The molecule has 0 spiro atoms. The van der Waals surface area contributed by atoms with E-state index in [1.807, 2.05) is 36.4 Å². The van der Waals surface area contributed by atoms with Gasteiger partial charge in [-0.1, -0.05) is 30.3 Å². The summed E-state index contributed by atoms with van der Waals surface area (Å²) in [5.41, 5.74) is 6.75. The predicted molar refractivity (Wildman–Crippen MR) is 78.7 cm³/mol. The lowest BCUT2D eigenvalue weighted by Gasteiger charge is -2.22. The van der Waals surface area contributed by atoms with Gasteiger partial charge < -0.3 is 5.73 Å². The fourth-order valence-corrected chi connectivity index (χ4v) is 2.70. The quantitative estimate of drug-likeness (QED) is 0.867. The molecule has 1 aliphatic rings. The first-order valence-electron chi connectivity index (χ1n) is 6.95. The van der Waals surface area contributed by atoms with Crippen LogP contribution in [0.1, 0.15) is 35.4 Å². The van der Waals surface area contributed by atoms with E-state index in [4.69, 9.17) is 5.73 Å². The standard InChI is InChI=1S/C16H14F3N3/c17-16(18,19)14-12-8-4-7-11(13(12)21-15(20)22-14)9-10-5-2-1-3-6-10/h1-3,5-6,9H,4,7-8H2,(H2,20,21,22). The van der Waals surface area contributed by atoms with Crippen molar-refractivity contribution in [2.45, 2.75) is 25.4 Å². The molecule has 0 saturated carbocycles. The topological polar surface area (TPSA) is 51.8 Å². The third-order valence-electron chi connectivity index (χ3n) is 3.61. The van der Waals surface area contributed by atoms with Crippen molar-refractivity contribution < 1.29 is 13.2 Å². The molecular formula is C16H14F3N3. The molecule has 3 rings (SSSR count). The van der Waals surface area contributed by atoms with Gasteiger partial charge in [-0.25, -0.2) is 9.97 Å². The molecule has 0 unspecified atom stereocenters. The number of hydrogen-bond acceptors (Lipinski definition) is 3. The van der Waals surface area contributed by atoms with Gasteiger partial charge in [0.05, 0.1) is 5.69 Å². The van der Waals surface area contributed by atoms with E-state index < -0.39 is 11.9 Å². The summed E-state index contributed by atoms with van der Waals surface area (Å²) in [5, 5.41) is 0. The van der Waals surface area contributed by atoms with Crippen LogP contribution in [0.3, 0.4) is 0 Å². The molecule has 0 radical (unpaired) electrons. The molecule has 0 bridgehead atoms. The Morgan fingerprint density at radius 3 is 2.45 bits per heavy atom. The van der Waals surface area contributed by atoms with Gasteiger partial charge in [0.1, 0.15) is 0 Å². The summed E-state index contributed by atoms with van der Waals surface area (Å²) in [6, 6.07) is 9.45. The Bertz CT molecular complexity index is 721. The van der Waals surface area contributed by atoms with E-state index in [-0.39, 0.29) is 11.5 Å². The van der Waals surface area contributed by atoms with E-state index in [2.05, 4.69) is 9.97 Å². The van der Waals surface area contributed by atoms with Crippen molar-refractivity contribution in [3.05, 3.63) is 52.8 Å². The van der Waals surface area contributed by atoms with Crippen LogP contribution in [-0.2, 0) is 12.6 Å². The highest BCUT2D eigenvalue weighted by Gasteiger charge is 2.38. The molecular weight excluding hydrogens is 291 g/mol. The number of hydrogen-bond donors (Lipinski definition) is 1. The molecule has 0 aliphatic heterocycles. The van der Waals surface area contributed by atoms with Crippen LogP contribution in [0.15, 0.2) is 30.3 Å². The van der Waals surface area contributed by atoms with Crippen LogP contribution in [0.4, 0.5) is 19.1 Å². The summed E-state index contributed by atoms with van der Waals surface area (Å²) < 4.78 is 39.4. The normalized spacial score (nSPS) is 16.6. The number of aromatic nitrogens is 2. The van der Waals surface area contributed by atoms with E-state index >= 15 is 0 Å². The minimum atomic E-state index is -4.52. The van der Waals surface area contributed by atoms with Crippen molar-refractivity contribution in [2.24, 2.45) is 0 Å². The van der Waals surface area contributed by atoms with Gasteiger partial charge in [0.2, 0.25) is 5.95 Å². The molecule has 114 valence electrons. The third-order valence-corrected chi connectivity index (χ3v) is 3.61. The van der Waals surface area contributed by atoms with Gasteiger partial charge in [-0.2, -0.15) is 13.2 Å². The zero-order valence-electron chi connectivity index (χ0n) is 11.7. The molecule has 0 amide bonds. The van der Waals surface area contributed by atoms with Crippen molar-refractivity contribution in [1.29, 1.82) is 0 Å². The molecule has 22 heavy (non-hydrogen) atoms. The largest absolute Gasteiger partial charge is 0.433 e. The Kier molecular flexibility index (Phi) is 3.60. The highest BCUT2D eigenvalue weighted by atomic mass is 19.4. The maximum atomic E-state index is 13.1. The first-order valence-corrected chi connectivity index (χ1v) is 6.95. The van der Waals surface area contributed by atoms with Crippen molar-refractivity contribution in [3.63, 3.8) is 0 Å². The molecule has 3 nitrogen and oxygen atoms in total. The first kappa shape index (κ1) is 14.6. The Morgan fingerprint density at radius 1 is 1.05 bits per heavy atom. The summed E-state index contributed by atoms with van der Waals surface area (Å²) in [4.78, 5) is 7.48. The molecule has 1 aromatic heterocycles. The van der Waals surface area contributed by atoms with E-state index in [0.29, 0.717) is 25.0 Å². The van der Waals surface area contributed by atoms with Gasteiger partial charge in [0, 0.05) is 5.56 Å². The minimum absolute atomic E-state index is 0.148. The molecule has 0 saturated heterocycles. The lowest BCUT2D eigenvalue weighted by atomic mass is 9.89. The Hall–Kier alpha value is -2.37. The maximum absolute atomic E-state index is 13.1. The number of rotatable bonds is 1. The predicted octanol–water partition coefficient (Wildman–Crippen LogP) is 3.95. The number of nitrogens with two attached hydrogens (primary N) is 1. The lowest BCUT2D eigenvalue weighted by molar-refractivity contribution is -0.141. The smallest absolute Gasteiger partial charge is 0.368 e. The van der Waals surface area contributed by atoms with Crippen LogP contribution in [0, 0.1) is 0 Å². The van der Waals surface area contributed by atoms with Gasteiger partial charge in [-0.05, 0) is 36.5 Å². The van der Waals surface area contributed by atoms with E-state index in [1.54, 1.807) is 0 Å². The highest BCUT2D eigenvalue weighted by Crippen LogP contribution is 2.38. The summed E-state index contributed by atoms with van der Waals surface area (Å²) in [6.45, 7) is 0. The number of nitrogens with zero attached hydrogens (tertiary/aromatic N) is 2. The zero-order valence-corrected chi connectivity index (χ0v) is 11.7. The number of nitrogen functional groups attached to an aromatic ring is 1. The lowest BCUT2D eigenvalue weighted by Crippen LogP contribution is -2.19. The monoisotopic (exact) mass is 305 g/mol. The average molecular weight is 305 g/mol. The number of anilines is 1. The van der Waals surface area contributed by atoms with Gasteiger partial charge in [0.25, 0.3) is 0 Å². The van der Waals surface area contributed by atoms with Crippen LogP contribution < -0.4 is 5.73 Å². The van der Waals surface area contributed by atoms with Crippen LogP contribution in [0.25, 0.3) is 11.6 Å². The zero-order chi connectivity index (χ0) is 15.7. The third kappa shape index (κ3) is 2.81. The first-order chi connectivity index (χ1) is 10.4. The van der Waals surface area contributed by atoms with Crippen LogP contribution in [-0.4, -0.2) is 9.97 Å². The summed E-state index contributed by atoms with van der Waals surface area (Å²) >= 11 is 0. The molecule has 1 heterocycles. The van der Waals surface area contributed by atoms with Gasteiger partial charge >= 0.3 is 6.18 Å². The number of allylic oxidation sites excluding steroid dienone is 1. The molecule has 0 fully saturated rings. The molecule has 1 aliphatic carbocycles. The van der Waals surface area contributed by atoms with Crippen molar-refractivity contribution >= 4 is 17.6 Å². The SMILES string of the molecule is Nc1nc2c(c(C(F)(F)F)n1)CCCC2=Cc1ccccc1. The van der Waals surface area contributed by atoms with Crippen molar-refractivity contribution in [1.82, 2.24) is 9.97 Å². The number of benzene rings is 1. The molecule has 2 N–H and O–H groups in total. The highest BCUT2D eigenvalue weighted by molar-refractivity contribution is 5.82. The van der Waals surface area contributed by atoms with Crippen molar-refractivity contribution in [3.8, 4) is 0 Å². The summed E-state index contributed by atoms with van der Waals surface area (Å²) in [7, 11) is 0. The fraction of sp³-hybridized carbons (Fsp3) is 0.250. The number of halogens is 3. The molecule has 0 atom stereocenters. The van der Waals surface area contributed by atoms with E-state index in [1.165, 1.54) is 0 Å². The van der Waals surface area contributed by atoms with Crippen LogP contribution in [0.5, 0.6) is 0 Å². The molecule has 2 aromatic rings. The number of fused-ring (bicyclic) bond motifs is 1. The van der Waals surface area contributed by atoms with Gasteiger partial charge in [-0.3, -0.25) is 0 Å². The van der Waals surface area contributed by atoms with Crippen molar-refractivity contribution in [2.75, 3.05) is 5.73 Å².